The molecule has 0 aliphatic carbocycles. The Morgan fingerprint density at radius 2 is 1.34 bits per heavy atom. The molecule has 0 spiro atoms. The van der Waals surface area contributed by atoms with Gasteiger partial charge in [-0.1, -0.05) is 76.9 Å². The summed E-state index contributed by atoms with van der Waals surface area (Å²) in [7, 11) is 0. The normalized spacial score (nSPS) is 25.1. The van der Waals surface area contributed by atoms with Gasteiger partial charge in [-0.15, -0.1) is 0 Å². The molecule has 1 aliphatic rings. The molecule has 29 heavy (non-hydrogen) atoms. The van der Waals surface area contributed by atoms with Crippen molar-refractivity contribution >= 4 is 0 Å². The molecular weight excluding hydrogens is 368 g/mol. The average Bonchev–Trinajstić information content (AvgIpc) is 2.73. The van der Waals surface area contributed by atoms with Crippen LogP contribution in [0.15, 0.2) is 12.2 Å². The summed E-state index contributed by atoms with van der Waals surface area (Å²) in [5.41, 5.74) is 0. The summed E-state index contributed by atoms with van der Waals surface area (Å²) in [6, 6.07) is 0. The van der Waals surface area contributed by atoms with Gasteiger partial charge in [0.15, 0.2) is 0 Å². The summed E-state index contributed by atoms with van der Waals surface area (Å²) in [4.78, 5) is 0. The first kappa shape index (κ1) is 26.6. The minimum Gasteiger partial charge on any atom is -0.394 e. The number of unbranched alkanes of at least 4 members (excludes halogenated alkanes) is 12. The quantitative estimate of drug-likeness (QED) is 0.227. The van der Waals surface area contributed by atoms with Crippen LogP contribution in [0.5, 0.6) is 0 Å². The lowest BCUT2D eigenvalue weighted by molar-refractivity contribution is -0.208. The summed E-state index contributed by atoms with van der Waals surface area (Å²) in [6.45, 7) is 2.76. The van der Waals surface area contributed by atoms with Crippen molar-refractivity contribution in [2.24, 2.45) is 0 Å². The third-order valence-electron chi connectivity index (χ3n) is 5.75. The summed E-state index contributed by atoms with van der Waals surface area (Å²) in [5, 5.41) is 28.9. The van der Waals surface area contributed by atoms with Crippen LogP contribution in [0.1, 0.15) is 96.8 Å². The Labute approximate surface area is 178 Å². The van der Waals surface area contributed by atoms with E-state index in [9.17, 15) is 10.2 Å². The standard InChI is InChI=1S/C24H46O5/c1-2-3-4-5-6-7-8-9-10-11-12-13-14-15-16-17-18-28-22-20-29-21(19-25)23(26)24(22)27/h6-7,21-27H,2-5,8-20H2,1H3/b7-6+/t21-,22+,23-,24-/m0/s1. The van der Waals surface area contributed by atoms with Crippen molar-refractivity contribution in [1.82, 2.24) is 0 Å². The number of aliphatic hydroxyl groups excluding tert-OH is 3. The molecule has 0 radical (unpaired) electrons. The molecule has 5 nitrogen and oxygen atoms in total. The molecule has 1 fully saturated rings. The van der Waals surface area contributed by atoms with E-state index < -0.39 is 24.4 Å². The molecule has 3 N–H and O–H groups in total. The van der Waals surface area contributed by atoms with Crippen LogP contribution in [0.2, 0.25) is 0 Å². The predicted octanol–water partition coefficient (Wildman–Crippen LogP) is 4.52. The predicted molar refractivity (Wildman–Crippen MR) is 118 cm³/mol. The summed E-state index contributed by atoms with van der Waals surface area (Å²) in [5.74, 6) is 0. The maximum Gasteiger partial charge on any atom is 0.111 e. The van der Waals surface area contributed by atoms with Crippen LogP contribution in [0.3, 0.4) is 0 Å². The Hall–Kier alpha value is -0.460. The Morgan fingerprint density at radius 3 is 1.93 bits per heavy atom. The molecule has 1 saturated heterocycles. The lowest BCUT2D eigenvalue weighted by Gasteiger charge is -2.36. The smallest absolute Gasteiger partial charge is 0.111 e. The highest BCUT2D eigenvalue weighted by molar-refractivity contribution is 4.87. The van der Waals surface area contributed by atoms with Crippen LogP contribution in [0.25, 0.3) is 0 Å². The van der Waals surface area contributed by atoms with E-state index >= 15 is 0 Å². The van der Waals surface area contributed by atoms with Crippen molar-refractivity contribution in [1.29, 1.82) is 0 Å². The van der Waals surface area contributed by atoms with Crippen molar-refractivity contribution in [3.8, 4) is 0 Å². The summed E-state index contributed by atoms with van der Waals surface area (Å²) >= 11 is 0. The van der Waals surface area contributed by atoms with Gasteiger partial charge in [0.2, 0.25) is 0 Å². The molecule has 0 aromatic heterocycles. The molecule has 0 bridgehead atoms. The van der Waals surface area contributed by atoms with Gasteiger partial charge < -0.3 is 24.8 Å². The lowest BCUT2D eigenvalue weighted by atomic mass is 10.0. The van der Waals surface area contributed by atoms with Crippen LogP contribution in [0.4, 0.5) is 0 Å². The average molecular weight is 415 g/mol. The highest BCUT2D eigenvalue weighted by Gasteiger charge is 2.38. The van der Waals surface area contributed by atoms with E-state index in [1.165, 1.54) is 77.0 Å². The number of aliphatic hydroxyl groups is 3. The van der Waals surface area contributed by atoms with Crippen LogP contribution in [-0.2, 0) is 9.47 Å². The zero-order valence-corrected chi connectivity index (χ0v) is 18.6. The topological polar surface area (TPSA) is 79.2 Å². The van der Waals surface area contributed by atoms with Crippen molar-refractivity contribution in [3.63, 3.8) is 0 Å². The SMILES string of the molecule is CCCCC/C=C/CCCCCCCCCCCO[C@@H]1CO[C@@H](CO)[C@H](O)[C@H]1O. The minimum atomic E-state index is -1.08. The molecular formula is C24H46O5. The van der Waals surface area contributed by atoms with Crippen molar-refractivity contribution in [2.45, 2.75) is 121 Å². The van der Waals surface area contributed by atoms with Crippen LogP contribution in [0, 0.1) is 0 Å². The lowest BCUT2D eigenvalue weighted by Crippen LogP contribution is -2.55. The second-order valence-corrected chi connectivity index (χ2v) is 8.38. The maximum absolute atomic E-state index is 10.0. The third kappa shape index (κ3) is 12.7. The minimum absolute atomic E-state index is 0.220. The van der Waals surface area contributed by atoms with E-state index in [1.54, 1.807) is 0 Å². The van der Waals surface area contributed by atoms with Gasteiger partial charge in [0.05, 0.1) is 13.2 Å². The summed E-state index contributed by atoms with van der Waals surface area (Å²) < 4.78 is 11.0. The highest BCUT2D eigenvalue weighted by Crippen LogP contribution is 2.18. The number of ether oxygens (including phenoxy) is 2. The van der Waals surface area contributed by atoms with Crippen molar-refractivity contribution < 1.29 is 24.8 Å². The van der Waals surface area contributed by atoms with Gasteiger partial charge in [-0.2, -0.15) is 0 Å². The Bertz CT molecular complexity index is 387. The van der Waals surface area contributed by atoms with Gasteiger partial charge in [0.1, 0.15) is 24.4 Å². The van der Waals surface area contributed by atoms with Gasteiger partial charge in [-0.3, -0.25) is 0 Å². The zero-order valence-electron chi connectivity index (χ0n) is 18.6. The van der Waals surface area contributed by atoms with Gasteiger partial charge in [0, 0.05) is 6.61 Å². The Kier molecular flexibility index (Phi) is 16.8. The molecule has 0 aromatic carbocycles. The van der Waals surface area contributed by atoms with Crippen LogP contribution in [-0.4, -0.2) is 59.6 Å². The third-order valence-corrected chi connectivity index (χ3v) is 5.75. The van der Waals surface area contributed by atoms with Crippen LogP contribution >= 0.6 is 0 Å². The molecule has 1 aliphatic heterocycles. The molecule has 5 heteroatoms. The van der Waals surface area contributed by atoms with Crippen LogP contribution < -0.4 is 0 Å². The van der Waals surface area contributed by atoms with Gasteiger partial charge >= 0.3 is 0 Å². The van der Waals surface area contributed by atoms with E-state index in [0.29, 0.717) is 6.61 Å². The largest absolute Gasteiger partial charge is 0.394 e. The van der Waals surface area contributed by atoms with Gasteiger partial charge in [-0.25, -0.2) is 0 Å². The molecule has 0 unspecified atom stereocenters. The number of hydrogen-bond donors (Lipinski definition) is 3. The second kappa shape index (κ2) is 18.3. The van der Waals surface area contributed by atoms with E-state index in [1.807, 2.05) is 0 Å². The monoisotopic (exact) mass is 414 g/mol. The first-order valence-corrected chi connectivity index (χ1v) is 12.1. The second-order valence-electron chi connectivity index (χ2n) is 8.38. The van der Waals surface area contributed by atoms with E-state index in [2.05, 4.69) is 19.1 Å². The number of allylic oxidation sites excluding steroid dienone is 2. The zero-order chi connectivity index (χ0) is 21.2. The fourth-order valence-corrected chi connectivity index (χ4v) is 3.75. The van der Waals surface area contributed by atoms with E-state index in [0.717, 1.165) is 12.8 Å². The summed E-state index contributed by atoms with van der Waals surface area (Å²) in [6.07, 6.45) is 19.2. The fourth-order valence-electron chi connectivity index (χ4n) is 3.75. The first-order valence-electron chi connectivity index (χ1n) is 12.1. The first-order chi connectivity index (χ1) is 14.2. The van der Waals surface area contributed by atoms with Gasteiger partial charge in [-0.05, 0) is 32.1 Å². The maximum atomic E-state index is 10.0. The highest BCUT2D eigenvalue weighted by atomic mass is 16.6. The van der Waals surface area contributed by atoms with Crippen molar-refractivity contribution in [3.05, 3.63) is 12.2 Å². The van der Waals surface area contributed by atoms with Gasteiger partial charge in [0.25, 0.3) is 0 Å². The number of rotatable bonds is 18. The Morgan fingerprint density at radius 1 is 0.793 bits per heavy atom. The molecule has 0 aromatic rings. The molecule has 0 saturated carbocycles. The molecule has 1 heterocycles. The molecule has 1 rings (SSSR count). The number of hydrogen-bond acceptors (Lipinski definition) is 5. The molecule has 0 amide bonds. The van der Waals surface area contributed by atoms with E-state index in [4.69, 9.17) is 14.6 Å². The Balaban J connectivity index is 1.82. The van der Waals surface area contributed by atoms with Crippen molar-refractivity contribution in [2.75, 3.05) is 19.8 Å². The van der Waals surface area contributed by atoms with E-state index in [-0.39, 0.29) is 13.2 Å². The molecule has 172 valence electrons. The molecule has 4 atom stereocenters. The fraction of sp³-hybridized carbons (Fsp3) is 0.917.